The Bertz CT molecular complexity index is 314. The first-order valence-corrected chi connectivity index (χ1v) is 5.23. The van der Waals surface area contributed by atoms with Gasteiger partial charge in [0.25, 0.3) is 0 Å². The van der Waals surface area contributed by atoms with E-state index in [4.69, 9.17) is 0 Å². The van der Waals surface area contributed by atoms with E-state index in [-0.39, 0.29) is 0 Å². The van der Waals surface area contributed by atoms with E-state index >= 15 is 0 Å². The van der Waals surface area contributed by atoms with Crippen LogP contribution in [0.3, 0.4) is 0 Å². The molecular formula is C12H17N2. The summed E-state index contributed by atoms with van der Waals surface area (Å²) in [5, 5.41) is 4.35. The molecule has 1 fully saturated rings. The zero-order chi connectivity index (χ0) is 9.97. The molecule has 2 rings (SSSR count). The predicted octanol–water partition coefficient (Wildman–Crippen LogP) is 1.73. The zero-order valence-corrected chi connectivity index (χ0v) is 8.95. The van der Waals surface area contributed by atoms with Crippen LogP contribution in [0.2, 0.25) is 0 Å². The fourth-order valence-electron chi connectivity index (χ4n) is 1.79. The highest BCUT2D eigenvalue weighted by Gasteiger charge is 2.10. The SMILES string of the molecule is Cc1ccc(N2CC[N]CC2)cc1C. The molecule has 75 valence electrons. The van der Waals surface area contributed by atoms with Crippen molar-refractivity contribution in [2.45, 2.75) is 13.8 Å². The van der Waals surface area contributed by atoms with Crippen molar-refractivity contribution in [2.24, 2.45) is 0 Å². The third kappa shape index (κ3) is 1.90. The number of nitrogens with zero attached hydrogens (tertiary/aromatic N) is 2. The lowest BCUT2D eigenvalue weighted by Gasteiger charge is -2.29. The fourth-order valence-corrected chi connectivity index (χ4v) is 1.79. The maximum absolute atomic E-state index is 4.35. The van der Waals surface area contributed by atoms with Crippen molar-refractivity contribution in [3.63, 3.8) is 0 Å². The second-order valence-corrected chi connectivity index (χ2v) is 3.93. The quantitative estimate of drug-likeness (QED) is 0.657. The molecule has 0 spiro atoms. The molecule has 14 heavy (non-hydrogen) atoms. The molecule has 0 N–H and O–H groups in total. The predicted molar refractivity (Wildman–Crippen MR) is 60.0 cm³/mol. The van der Waals surface area contributed by atoms with Crippen LogP contribution in [0, 0.1) is 13.8 Å². The molecule has 1 saturated heterocycles. The molecule has 1 aromatic carbocycles. The van der Waals surface area contributed by atoms with Gasteiger partial charge in [0.1, 0.15) is 0 Å². The summed E-state index contributed by atoms with van der Waals surface area (Å²) in [5.41, 5.74) is 4.10. The second-order valence-electron chi connectivity index (χ2n) is 3.93. The number of aryl methyl sites for hydroxylation is 2. The van der Waals surface area contributed by atoms with Gasteiger partial charge in [-0.15, -0.1) is 0 Å². The van der Waals surface area contributed by atoms with Gasteiger partial charge in [-0.2, -0.15) is 0 Å². The fraction of sp³-hybridized carbons (Fsp3) is 0.500. The van der Waals surface area contributed by atoms with Gasteiger partial charge in [0.15, 0.2) is 0 Å². The average molecular weight is 189 g/mol. The first kappa shape index (κ1) is 9.53. The van der Waals surface area contributed by atoms with E-state index in [1.807, 2.05) is 0 Å². The summed E-state index contributed by atoms with van der Waals surface area (Å²) >= 11 is 0. The summed E-state index contributed by atoms with van der Waals surface area (Å²) in [4.78, 5) is 2.42. The smallest absolute Gasteiger partial charge is 0.0369 e. The number of hydrogen-bond acceptors (Lipinski definition) is 1. The van der Waals surface area contributed by atoms with Crippen LogP contribution in [0.15, 0.2) is 18.2 Å². The molecule has 0 atom stereocenters. The van der Waals surface area contributed by atoms with Crippen LogP contribution in [0.4, 0.5) is 5.69 Å². The number of rotatable bonds is 1. The highest BCUT2D eigenvalue weighted by molar-refractivity contribution is 5.50. The summed E-state index contributed by atoms with van der Waals surface area (Å²) in [6.45, 7) is 8.43. The minimum absolute atomic E-state index is 0.979. The molecule has 0 aliphatic carbocycles. The minimum Gasteiger partial charge on any atom is -0.369 e. The van der Waals surface area contributed by atoms with E-state index in [1.54, 1.807) is 0 Å². The van der Waals surface area contributed by atoms with E-state index in [1.165, 1.54) is 16.8 Å². The van der Waals surface area contributed by atoms with E-state index in [9.17, 15) is 0 Å². The van der Waals surface area contributed by atoms with E-state index in [0.717, 1.165) is 26.2 Å². The number of piperazine rings is 1. The lowest BCUT2D eigenvalue weighted by molar-refractivity contribution is 0.579. The number of benzene rings is 1. The largest absolute Gasteiger partial charge is 0.369 e. The van der Waals surface area contributed by atoms with Crippen LogP contribution < -0.4 is 10.2 Å². The number of hydrogen-bond donors (Lipinski definition) is 0. The van der Waals surface area contributed by atoms with Gasteiger partial charge < -0.3 is 4.90 Å². The molecule has 1 radical (unpaired) electrons. The number of anilines is 1. The van der Waals surface area contributed by atoms with Crippen molar-refractivity contribution in [3.05, 3.63) is 29.3 Å². The Balaban J connectivity index is 2.18. The monoisotopic (exact) mass is 189 g/mol. The zero-order valence-electron chi connectivity index (χ0n) is 8.95. The van der Waals surface area contributed by atoms with Crippen molar-refractivity contribution in [2.75, 3.05) is 31.1 Å². The van der Waals surface area contributed by atoms with Crippen molar-refractivity contribution >= 4 is 5.69 Å². The van der Waals surface area contributed by atoms with Gasteiger partial charge in [0, 0.05) is 31.9 Å². The lowest BCUT2D eigenvalue weighted by Crippen LogP contribution is -2.40. The Morgan fingerprint density at radius 1 is 1.07 bits per heavy atom. The highest BCUT2D eigenvalue weighted by Crippen LogP contribution is 2.18. The van der Waals surface area contributed by atoms with Gasteiger partial charge >= 0.3 is 0 Å². The van der Waals surface area contributed by atoms with Crippen molar-refractivity contribution in [1.29, 1.82) is 0 Å². The Morgan fingerprint density at radius 2 is 1.79 bits per heavy atom. The highest BCUT2D eigenvalue weighted by atomic mass is 15.2. The van der Waals surface area contributed by atoms with Gasteiger partial charge in [0.2, 0.25) is 0 Å². The van der Waals surface area contributed by atoms with Crippen molar-refractivity contribution < 1.29 is 0 Å². The molecule has 0 bridgehead atoms. The Hall–Kier alpha value is -1.02. The van der Waals surface area contributed by atoms with Gasteiger partial charge in [0.05, 0.1) is 0 Å². The summed E-state index contributed by atoms with van der Waals surface area (Å²) in [7, 11) is 0. The summed E-state index contributed by atoms with van der Waals surface area (Å²) in [5.74, 6) is 0. The Morgan fingerprint density at radius 3 is 2.43 bits per heavy atom. The molecule has 2 nitrogen and oxygen atoms in total. The second kappa shape index (κ2) is 4.01. The molecule has 1 aliphatic heterocycles. The van der Waals surface area contributed by atoms with Crippen LogP contribution in [-0.4, -0.2) is 26.2 Å². The molecule has 2 heteroatoms. The van der Waals surface area contributed by atoms with Gasteiger partial charge in [-0.25, -0.2) is 5.32 Å². The standard InChI is InChI=1S/C12H17N2/c1-10-3-4-12(9-11(10)2)14-7-5-13-6-8-14/h3-4,9H,5-8H2,1-2H3. The van der Waals surface area contributed by atoms with Gasteiger partial charge in [-0.1, -0.05) is 6.07 Å². The first-order valence-electron chi connectivity index (χ1n) is 5.23. The topological polar surface area (TPSA) is 17.3 Å². The third-order valence-corrected chi connectivity index (χ3v) is 2.91. The van der Waals surface area contributed by atoms with Gasteiger partial charge in [-0.3, -0.25) is 0 Å². The average Bonchev–Trinajstić information content (AvgIpc) is 2.23. The van der Waals surface area contributed by atoms with Crippen molar-refractivity contribution in [3.8, 4) is 0 Å². The molecule has 1 aromatic rings. The van der Waals surface area contributed by atoms with Crippen LogP contribution >= 0.6 is 0 Å². The molecule has 0 amide bonds. The Labute approximate surface area is 85.9 Å². The normalized spacial score (nSPS) is 17.1. The summed E-state index contributed by atoms with van der Waals surface area (Å²) in [6, 6.07) is 6.70. The molecular weight excluding hydrogens is 172 g/mol. The Kier molecular flexibility index (Phi) is 2.73. The van der Waals surface area contributed by atoms with E-state index in [0.29, 0.717) is 0 Å². The molecule has 1 aliphatic rings. The summed E-state index contributed by atoms with van der Waals surface area (Å²) in [6.07, 6.45) is 0. The maximum atomic E-state index is 4.35. The van der Waals surface area contributed by atoms with Crippen LogP contribution in [0.25, 0.3) is 0 Å². The van der Waals surface area contributed by atoms with Crippen LogP contribution in [-0.2, 0) is 0 Å². The minimum atomic E-state index is 0.979. The van der Waals surface area contributed by atoms with Crippen molar-refractivity contribution in [1.82, 2.24) is 5.32 Å². The van der Waals surface area contributed by atoms with Crippen LogP contribution in [0.5, 0.6) is 0 Å². The van der Waals surface area contributed by atoms with Crippen LogP contribution in [0.1, 0.15) is 11.1 Å². The van der Waals surface area contributed by atoms with E-state index in [2.05, 4.69) is 42.3 Å². The van der Waals surface area contributed by atoms with E-state index < -0.39 is 0 Å². The molecule has 0 unspecified atom stereocenters. The molecule has 0 aromatic heterocycles. The van der Waals surface area contributed by atoms with Gasteiger partial charge in [-0.05, 0) is 37.1 Å². The molecule has 0 saturated carbocycles. The third-order valence-electron chi connectivity index (χ3n) is 2.91. The molecule has 1 heterocycles. The maximum Gasteiger partial charge on any atom is 0.0369 e. The lowest BCUT2D eigenvalue weighted by atomic mass is 10.1. The first-order chi connectivity index (χ1) is 6.77. The summed E-state index contributed by atoms with van der Waals surface area (Å²) < 4.78 is 0.